The molecule has 1 N–H and O–H groups in total. The molecule has 24 heavy (non-hydrogen) atoms. The Morgan fingerprint density at radius 1 is 1.17 bits per heavy atom. The van der Waals surface area contributed by atoms with Gasteiger partial charge in [-0.15, -0.1) is 0 Å². The molecule has 0 radical (unpaired) electrons. The topological polar surface area (TPSA) is 81.7 Å². The number of methoxy groups -OCH3 is 1. The van der Waals surface area contributed by atoms with Gasteiger partial charge in [-0.05, 0) is 30.0 Å². The van der Waals surface area contributed by atoms with Crippen molar-refractivity contribution in [3.63, 3.8) is 0 Å². The summed E-state index contributed by atoms with van der Waals surface area (Å²) >= 11 is 5.77. The minimum atomic E-state index is -0.752. The molecule has 0 heterocycles. The normalized spacial score (nSPS) is 11.7. The molecule has 7 heteroatoms. The maximum Gasteiger partial charge on any atom is 0.328 e. The van der Waals surface area contributed by atoms with Crippen molar-refractivity contribution in [3.05, 3.63) is 34.9 Å². The van der Waals surface area contributed by atoms with Crippen molar-refractivity contribution in [2.45, 2.75) is 32.7 Å². The molecule has 0 aliphatic heterocycles. The Balaban J connectivity index is 2.44. The van der Waals surface area contributed by atoms with Gasteiger partial charge in [0.1, 0.15) is 6.04 Å². The molecule has 0 saturated heterocycles. The molecular formula is C17H22ClNO5. The minimum Gasteiger partial charge on any atom is -0.467 e. The number of nitrogens with one attached hydrogen (secondary N) is 1. The molecule has 132 valence electrons. The molecule has 0 spiro atoms. The smallest absolute Gasteiger partial charge is 0.328 e. The van der Waals surface area contributed by atoms with Crippen LogP contribution in [0.3, 0.4) is 0 Å². The lowest BCUT2D eigenvalue weighted by molar-refractivity contribution is -0.150. The molecule has 1 unspecified atom stereocenters. The summed E-state index contributed by atoms with van der Waals surface area (Å²) in [6.45, 7) is 3.40. The van der Waals surface area contributed by atoms with Crippen LogP contribution in [0.4, 0.5) is 0 Å². The summed E-state index contributed by atoms with van der Waals surface area (Å²) in [4.78, 5) is 35.2. The lowest BCUT2D eigenvalue weighted by Gasteiger charge is -2.18. The molecule has 6 nitrogen and oxygen atoms in total. The van der Waals surface area contributed by atoms with E-state index in [1.807, 2.05) is 13.8 Å². The second-order valence-corrected chi connectivity index (χ2v) is 6.17. The van der Waals surface area contributed by atoms with Crippen LogP contribution in [-0.2, 0) is 30.3 Å². The molecule has 1 amide bonds. The number of esters is 2. The van der Waals surface area contributed by atoms with Crippen molar-refractivity contribution in [2.75, 3.05) is 13.7 Å². The number of ether oxygens (including phenoxy) is 2. The van der Waals surface area contributed by atoms with Crippen LogP contribution in [0.15, 0.2) is 24.3 Å². The summed E-state index contributed by atoms with van der Waals surface area (Å²) in [5.74, 6) is -1.41. The molecular weight excluding hydrogens is 334 g/mol. The van der Waals surface area contributed by atoms with Crippen LogP contribution in [0.1, 0.15) is 25.8 Å². The van der Waals surface area contributed by atoms with Gasteiger partial charge in [0.15, 0.2) is 6.61 Å². The van der Waals surface area contributed by atoms with E-state index in [9.17, 15) is 14.4 Å². The van der Waals surface area contributed by atoms with E-state index in [1.54, 1.807) is 24.3 Å². The molecule has 1 rings (SSSR count). The van der Waals surface area contributed by atoms with Gasteiger partial charge in [-0.25, -0.2) is 4.79 Å². The van der Waals surface area contributed by atoms with Gasteiger partial charge in [0.2, 0.25) is 0 Å². The van der Waals surface area contributed by atoms with Gasteiger partial charge in [0.25, 0.3) is 5.91 Å². The van der Waals surface area contributed by atoms with Crippen molar-refractivity contribution in [1.82, 2.24) is 5.32 Å². The van der Waals surface area contributed by atoms with Crippen LogP contribution in [-0.4, -0.2) is 37.6 Å². The van der Waals surface area contributed by atoms with Gasteiger partial charge >= 0.3 is 11.9 Å². The summed E-state index contributed by atoms with van der Waals surface area (Å²) in [7, 11) is 1.26. The minimum absolute atomic E-state index is 0.0386. The number of carbonyl (C=O) groups is 3. The van der Waals surface area contributed by atoms with E-state index in [0.29, 0.717) is 11.4 Å². The summed E-state index contributed by atoms with van der Waals surface area (Å²) < 4.78 is 9.58. The van der Waals surface area contributed by atoms with E-state index in [1.165, 1.54) is 7.11 Å². The predicted molar refractivity (Wildman–Crippen MR) is 89.5 cm³/mol. The lowest BCUT2D eigenvalue weighted by atomic mass is 10.0. The molecule has 1 aromatic carbocycles. The quantitative estimate of drug-likeness (QED) is 0.722. The van der Waals surface area contributed by atoms with Crippen molar-refractivity contribution >= 4 is 29.4 Å². The van der Waals surface area contributed by atoms with Gasteiger partial charge < -0.3 is 14.8 Å². The third-order valence-electron chi connectivity index (χ3n) is 3.15. The Hall–Kier alpha value is -2.08. The van der Waals surface area contributed by atoms with Gasteiger partial charge in [-0.3, -0.25) is 9.59 Å². The fourth-order valence-electron chi connectivity index (χ4n) is 2.03. The Kier molecular flexibility index (Phi) is 8.26. The van der Waals surface area contributed by atoms with Crippen LogP contribution in [0, 0.1) is 5.92 Å². The zero-order valence-corrected chi connectivity index (χ0v) is 14.8. The summed E-state index contributed by atoms with van der Waals surface area (Å²) in [5, 5.41) is 3.09. The third kappa shape index (κ3) is 7.46. The van der Waals surface area contributed by atoms with E-state index in [4.69, 9.17) is 16.3 Å². The second-order valence-electron chi connectivity index (χ2n) is 5.74. The fourth-order valence-corrected chi connectivity index (χ4v) is 2.16. The Labute approximate surface area is 146 Å². The Morgan fingerprint density at radius 3 is 2.33 bits per heavy atom. The number of benzene rings is 1. The number of rotatable bonds is 8. The summed E-state index contributed by atoms with van der Waals surface area (Å²) in [5.41, 5.74) is 0.733. The molecule has 0 aromatic heterocycles. The number of hydrogen-bond donors (Lipinski definition) is 1. The monoisotopic (exact) mass is 355 g/mol. The van der Waals surface area contributed by atoms with Gasteiger partial charge in [-0.2, -0.15) is 0 Å². The van der Waals surface area contributed by atoms with Gasteiger partial charge in [-0.1, -0.05) is 37.6 Å². The van der Waals surface area contributed by atoms with Crippen LogP contribution >= 0.6 is 11.6 Å². The number of carbonyl (C=O) groups excluding carboxylic acids is 3. The summed E-state index contributed by atoms with van der Waals surface area (Å²) in [6, 6.07) is 6.00. The maximum atomic E-state index is 11.8. The Morgan fingerprint density at radius 2 is 1.79 bits per heavy atom. The fraction of sp³-hybridized carbons (Fsp3) is 0.471. The highest BCUT2D eigenvalue weighted by Gasteiger charge is 2.23. The van der Waals surface area contributed by atoms with Crippen molar-refractivity contribution < 1.29 is 23.9 Å². The second kappa shape index (κ2) is 9.93. The average Bonchev–Trinajstić information content (AvgIpc) is 2.53. The van der Waals surface area contributed by atoms with E-state index in [-0.39, 0.29) is 12.3 Å². The zero-order valence-electron chi connectivity index (χ0n) is 14.0. The first-order valence-electron chi connectivity index (χ1n) is 7.59. The molecule has 0 bridgehead atoms. The highest BCUT2D eigenvalue weighted by atomic mass is 35.5. The van der Waals surface area contributed by atoms with Crippen LogP contribution in [0.25, 0.3) is 0 Å². The molecule has 0 aliphatic carbocycles. The van der Waals surface area contributed by atoms with Crippen molar-refractivity contribution in [2.24, 2.45) is 5.92 Å². The number of amides is 1. The SMILES string of the molecule is COC(=O)C(CC(C)C)NC(=O)COC(=O)Cc1ccc(Cl)cc1. The molecule has 0 fully saturated rings. The van der Waals surface area contributed by atoms with E-state index < -0.39 is 30.5 Å². The van der Waals surface area contributed by atoms with Gasteiger partial charge in [0, 0.05) is 5.02 Å². The van der Waals surface area contributed by atoms with Crippen molar-refractivity contribution in [3.8, 4) is 0 Å². The van der Waals surface area contributed by atoms with E-state index in [2.05, 4.69) is 10.1 Å². The van der Waals surface area contributed by atoms with Crippen LogP contribution < -0.4 is 5.32 Å². The molecule has 0 saturated carbocycles. The summed E-state index contributed by atoms with van der Waals surface area (Å²) in [6.07, 6.45) is 0.480. The highest BCUT2D eigenvalue weighted by molar-refractivity contribution is 6.30. The molecule has 1 aromatic rings. The molecule has 0 aliphatic rings. The third-order valence-corrected chi connectivity index (χ3v) is 3.41. The standard InChI is InChI=1S/C17H22ClNO5/c1-11(2)8-14(17(22)23-3)19-15(20)10-24-16(21)9-12-4-6-13(18)7-5-12/h4-7,11,14H,8-10H2,1-3H3,(H,19,20). The average molecular weight is 356 g/mol. The predicted octanol–water partition coefficient (Wildman–Crippen LogP) is 2.13. The van der Waals surface area contributed by atoms with E-state index >= 15 is 0 Å². The van der Waals surface area contributed by atoms with E-state index in [0.717, 1.165) is 5.56 Å². The first-order chi connectivity index (χ1) is 11.3. The molecule has 1 atom stereocenters. The van der Waals surface area contributed by atoms with Crippen LogP contribution in [0.5, 0.6) is 0 Å². The highest BCUT2D eigenvalue weighted by Crippen LogP contribution is 2.10. The lowest BCUT2D eigenvalue weighted by Crippen LogP contribution is -2.44. The van der Waals surface area contributed by atoms with Gasteiger partial charge in [0.05, 0.1) is 13.5 Å². The first kappa shape index (κ1) is 20.0. The van der Waals surface area contributed by atoms with Crippen molar-refractivity contribution in [1.29, 1.82) is 0 Å². The number of hydrogen-bond acceptors (Lipinski definition) is 5. The zero-order chi connectivity index (χ0) is 18.1. The maximum absolute atomic E-state index is 11.8. The number of halogens is 1. The van der Waals surface area contributed by atoms with Crippen LogP contribution in [0.2, 0.25) is 5.02 Å². The Bertz CT molecular complexity index is 571. The first-order valence-corrected chi connectivity index (χ1v) is 7.97. The largest absolute Gasteiger partial charge is 0.467 e.